The smallest absolute Gasteiger partial charge is 0.240 e. The molecule has 0 saturated heterocycles. The zero-order chi connectivity index (χ0) is 11.8. The van der Waals surface area contributed by atoms with Crippen molar-refractivity contribution in [3.05, 3.63) is 0 Å². The molecule has 0 aromatic heterocycles. The third kappa shape index (κ3) is 5.44. The molecule has 0 aromatic carbocycles. The molecule has 1 atom stereocenters. The van der Waals surface area contributed by atoms with E-state index < -0.39 is 6.04 Å². The Bertz CT molecular complexity index is 230. The van der Waals surface area contributed by atoms with Gasteiger partial charge in [-0.25, -0.2) is 0 Å². The van der Waals surface area contributed by atoms with Gasteiger partial charge >= 0.3 is 0 Å². The highest BCUT2D eigenvalue weighted by Gasteiger charge is 2.20. The Morgan fingerprint density at radius 3 is 2.53 bits per heavy atom. The van der Waals surface area contributed by atoms with Gasteiger partial charge in [0.1, 0.15) is 0 Å². The van der Waals surface area contributed by atoms with Gasteiger partial charge in [0.05, 0.1) is 12.6 Å². The number of nitrogens with two attached hydrogens (primary N) is 1. The second-order valence-corrected chi connectivity index (χ2v) is 4.20. The minimum Gasteiger partial charge on any atom is -0.330 e. The van der Waals surface area contributed by atoms with E-state index in [-0.39, 0.29) is 5.91 Å². The maximum Gasteiger partial charge on any atom is 0.240 e. The molecule has 0 heterocycles. The average molecular weight is 210 g/mol. The van der Waals surface area contributed by atoms with E-state index in [1.54, 1.807) is 4.90 Å². The molecule has 3 nitrogen and oxygen atoms in total. The number of carbonyl (C=O) groups is 1. The lowest BCUT2D eigenvalue weighted by Crippen LogP contribution is -2.44. The van der Waals surface area contributed by atoms with Crippen molar-refractivity contribution in [2.45, 2.75) is 39.7 Å². The van der Waals surface area contributed by atoms with Crippen LogP contribution in [0.15, 0.2) is 0 Å². The number of nitrogens with zero attached hydrogens (tertiary/aromatic N) is 1. The minimum absolute atomic E-state index is 0.0245. The standard InChI is InChI=1S/C12H22N2O/c1-5-7-14(8-6-2)12(15)11(13)9-10(3)4/h1,10-11H,6-9,13H2,2-4H3. The van der Waals surface area contributed by atoms with Crippen molar-refractivity contribution in [2.24, 2.45) is 11.7 Å². The van der Waals surface area contributed by atoms with Crippen LogP contribution in [0.25, 0.3) is 0 Å². The van der Waals surface area contributed by atoms with Gasteiger partial charge in [-0.05, 0) is 18.8 Å². The second kappa shape index (κ2) is 7.30. The molecule has 0 saturated carbocycles. The van der Waals surface area contributed by atoms with Gasteiger partial charge in [-0.1, -0.05) is 26.7 Å². The molecule has 0 bridgehead atoms. The molecule has 15 heavy (non-hydrogen) atoms. The Balaban J connectivity index is 4.29. The highest BCUT2D eigenvalue weighted by molar-refractivity contribution is 5.81. The molecule has 3 heteroatoms. The van der Waals surface area contributed by atoms with Gasteiger partial charge in [0.15, 0.2) is 0 Å². The number of hydrogen-bond acceptors (Lipinski definition) is 2. The largest absolute Gasteiger partial charge is 0.330 e. The van der Waals surface area contributed by atoms with Crippen LogP contribution in [0.2, 0.25) is 0 Å². The molecule has 0 radical (unpaired) electrons. The predicted octanol–water partition coefficient (Wildman–Crippen LogP) is 1.23. The van der Waals surface area contributed by atoms with Crippen LogP contribution in [0.3, 0.4) is 0 Å². The molecule has 86 valence electrons. The van der Waals surface area contributed by atoms with E-state index in [0.717, 1.165) is 6.42 Å². The molecule has 0 aliphatic carbocycles. The van der Waals surface area contributed by atoms with E-state index in [4.69, 9.17) is 12.2 Å². The molecule has 2 N–H and O–H groups in total. The van der Waals surface area contributed by atoms with Gasteiger partial charge in [0, 0.05) is 6.54 Å². The fraction of sp³-hybridized carbons (Fsp3) is 0.750. The first-order valence-corrected chi connectivity index (χ1v) is 5.50. The molecule has 0 spiro atoms. The van der Waals surface area contributed by atoms with E-state index in [0.29, 0.717) is 25.4 Å². The van der Waals surface area contributed by atoms with Crippen molar-refractivity contribution in [1.29, 1.82) is 0 Å². The number of hydrogen-bond donors (Lipinski definition) is 1. The Kier molecular flexibility index (Phi) is 6.81. The Morgan fingerprint density at radius 1 is 1.53 bits per heavy atom. The first-order chi connectivity index (χ1) is 7.02. The molecule has 0 aliphatic heterocycles. The quantitative estimate of drug-likeness (QED) is 0.670. The first-order valence-electron chi connectivity index (χ1n) is 5.50. The van der Waals surface area contributed by atoms with Gasteiger partial charge in [-0.15, -0.1) is 6.42 Å². The SMILES string of the molecule is C#CCN(CCC)C(=O)C(N)CC(C)C. The summed E-state index contributed by atoms with van der Waals surface area (Å²) in [5.74, 6) is 2.90. The Morgan fingerprint density at radius 2 is 2.13 bits per heavy atom. The van der Waals surface area contributed by atoms with Crippen LogP contribution < -0.4 is 5.73 Å². The molecule has 0 aliphatic rings. The molecular weight excluding hydrogens is 188 g/mol. The predicted molar refractivity (Wildman–Crippen MR) is 63.1 cm³/mol. The van der Waals surface area contributed by atoms with Crippen molar-refractivity contribution in [1.82, 2.24) is 4.90 Å². The molecular formula is C12H22N2O. The fourth-order valence-corrected chi connectivity index (χ4v) is 1.49. The maximum absolute atomic E-state index is 11.9. The summed E-state index contributed by atoms with van der Waals surface area (Å²) in [7, 11) is 0. The summed E-state index contributed by atoms with van der Waals surface area (Å²) < 4.78 is 0. The van der Waals surface area contributed by atoms with Gasteiger partial charge in [0.25, 0.3) is 0 Å². The monoisotopic (exact) mass is 210 g/mol. The van der Waals surface area contributed by atoms with E-state index >= 15 is 0 Å². The number of amides is 1. The molecule has 0 fully saturated rings. The molecule has 0 rings (SSSR count). The zero-order valence-corrected chi connectivity index (χ0v) is 9.99. The molecule has 1 unspecified atom stereocenters. The van der Waals surface area contributed by atoms with Crippen LogP contribution in [0.4, 0.5) is 0 Å². The van der Waals surface area contributed by atoms with Crippen LogP contribution in [0.1, 0.15) is 33.6 Å². The highest BCUT2D eigenvalue weighted by atomic mass is 16.2. The van der Waals surface area contributed by atoms with Crippen LogP contribution in [-0.2, 0) is 4.79 Å². The van der Waals surface area contributed by atoms with Crippen LogP contribution in [0.5, 0.6) is 0 Å². The van der Waals surface area contributed by atoms with Gasteiger partial charge in [-0.3, -0.25) is 4.79 Å². The van der Waals surface area contributed by atoms with E-state index in [2.05, 4.69) is 19.8 Å². The van der Waals surface area contributed by atoms with Crippen molar-refractivity contribution in [3.8, 4) is 12.3 Å². The lowest BCUT2D eigenvalue weighted by molar-refractivity contribution is -0.132. The topological polar surface area (TPSA) is 46.3 Å². The van der Waals surface area contributed by atoms with Gasteiger partial charge in [-0.2, -0.15) is 0 Å². The van der Waals surface area contributed by atoms with Crippen molar-refractivity contribution in [3.63, 3.8) is 0 Å². The van der Waals surface area contributed by atoms with Crippen molar-refractivity contribution >= 4 is 5.91 Å². The molecule has 1 amide bonds. The summed E-state index contributed by atoms with van der Waals surface area (Å²) in [4.78, 5) is 13.5. The Labute approximate surface area is 93.0 Å². The van der Waals surface area contributed by atoms with Crippen molar-refractivity contribution in [2.75, 3.05) is 13.1 Å². The second-order valence-electron chi connectivity index (χ2n) is 4.20. The fourth-order valence-electron chi connectivity index (χ4n) is 1.49. The third-order valence-corrected chi connectivity index (χ3v) is 2.13. The summed E-state index contributed by atoms with van der Waals surface area (Å²) in [6.45, 7) is 7.18. The summed E-state index contributed by atoms with van der Waals surface area (Å²) in [6.07, 6.45) is 6.83. The van der Waals surface area contributed by atoms with E-state index in [1.165, 1.54) is 0 Å². The maximum atomic E-state index is 11.9. The van der Waals surface area contributed by atoms with Gasteiger partial charge < -0.3 is 10.6 Å². The zero-order valence-electron chi connectivity index (χ0n) is 9.99. The molecule has 0 aromatic rings. The Hall–Kier alpha value is -1.01. The van der Waals surface area contributed by atoms with Crippen LogP contribution >= 0.6 is 0 Å². The average Bonchev–Trinajstić information content (AvgIpc) is 2.15. The highest BCUT2D eigenvalue weighted by Crippen LogP contribution is 2.06. The van der Waals surface area contributed by atoms with Crippen LogP contribution in [0, 0.1) is 18.3 Å². The lowest BCUT2D eigenvalue weighted by Gasteiger charge is -2.24. The summed E-state index contributed by atoms with van der Waals surface area (Å²) in [6, 6.07) is -0.412. The van der Waals surface area contributed by atoms with Crippen LogP contribution in [-0.4, -0.2) is 29.9 Å². The lowest BCUT2D eigenvalue weighted by atomic mass is 10.0. The summed E-state index contributed by atoms with van der Waals surface area (Å²) in [5.41, 5.74) is 5.82. The first kappa shape index (κ1) is 14.0. The number of terminal acetylenes is 1. The summed E-state index contributed by atoms with van der Waals surface area (Å²) in [5, 5.41) is 0. The van der Waals surface area contributed by atoms with E-state index in [9.17, 15) is 4.79 Å². The normalized spacial score (nSPS) is 12.3. The third-order valence-electron chi connectivity index (χ3n) is 2.13. The van der Waals surface area contributed by atoms with E-state index in [1.807, 2.05) is 6.92 Å². The number of carbonyl (C=O) groups excluding carboxylic acids is 1. The van der Waals surface area contributed by atoms with Gasteiger partial charge in [0.2, 0.25) is 5.91 Å². The number of rotatable bonds is 6. The minimum atomic E-state index is -0.412. The summed E-state index contributed by atoms with van der Waals surface area (Å²) >= 11 is 0. The van der Waals surface area contributed by atoms with Crippen molar-refractivity contribution < 1.29 is 4.79 Å².